The van der Waals surface area contributed by atoms with Crippen molar-refractivity contribution in [3.8, 4) is 5.40 Å². The molecule has 0 heterocycles. The van der Waals surface area contributed by atoms with Crippen molar-refractivity contribution in [1.29, 1.82) is 5.26 Å². The molecule has 0 atom stereocenters. The Morgan fingerprint density at radius 2 is 1.83 bits per heavy atom. The summed E-state index contributed by atoms with van der Waals surface area (Å²) in [4.78, 5) is 4.76. The summed E-state index contributed by atoms with van der Waals surface area (Å²) in [5.74, 6) is 0. The fraction of sp³-hybridized carbons (Fsp3) is 0.412. The minimum Gasteiger partial charge on any atom is -0.491 e. The van der Waals surface area contributed by atoms with Crippen LogP contribution in [0.15, 0.2) is 32.6 Å². The normalized spacial score (nSPS) is 15.6. The topological polar surface area (TPSA) is 84.4 Å². The first-order valence-corrected chi connectivity index (χ1v) is 9.97. The van der Waals surface area contributed by atoms with Crippen LogP contribution in [-0.4, -0.2) is 14.6 Å². The molecule has 0 saturated heterocycles. The van der Waals surface area contributed by atoms with E-state index in [-0.39, 0.29) is 4.90 Å². The highest BCUT2D eigenvalue weighted by Crippen LogP contribution is 2.32. The van der Waals surface area contributed by atoms with Crippen molar-refractivity contribution < 1.29 is 8.42 Å². The lowest BCUT2D eigenvalue weighted by molar-refractivity contribution is 0.600. The number of aryl methyl sites for hydroxylation is 3. The molecule has 0 aromatic heterocycles. The Labute approximate surface area is 147 Å². The van der Waals surface area contributed by atoms with Gasteiger partial charge in [0.05, 0.1) is 4.90 Å². The summed E-state index contributed by atoms with van der Waals surface area (Å²) in [5.41, 5.74) is 3.26. The first-order valence-electron chi connectivity index (χ1n) is 7.71. The maximum atomic E-state index is 12.5. The Morgan fingerprint density at radius 3 is 2.46 bits per heavy atom. The summed E-state index contributed by atoms with van der Waals surface area (Å²) in [6, 6.07) is 3.65. The SMILES string of the molecule is Cc1cc(C)c(S(=O)(=O)[N-]/N=C/C2=C(SC#N)CCCC2)c(C)c1. The fourth-order valence-corrected chi connectivity index (χ4v) is 4.81. The molecule has 0 aliphatic heterocycles. The van der Waals surface area contributed by atoms with Gasteiger partial charge in [0.1, 0.15) is 15.4 Å². The van der Waals surface area contributed by atoms with Crippen molar-refractivity contribution in [2.45, 2.75) is 51.3 Å². The highest BCUT2D eigenvalue weighted by atomic mass is 32.2. The predicted molar refractivity (Wildman–Crippen MR) is 98.4 cm³/mol. The maximum Gasteiger partial charge on any atom is 0.138 e. The van der Waals surface area contributed by atoms with Crippen LogP contribution in [0.1, 0.15) is 42.4 Å². The Bertz CT molecular complexity index is 811. The molecule has 128 valence electrons. The zero-order valence-corrected chi connectivity index (χ0v) is 15.7. The van der Waals surface area contributed by atoms with Crippen LogP contribution in [0.2, 0.25) is 0 Å². The van der Waals surface area contributed by atoms with E-state index in [1.807, 2.05) is 19.1 Å². The smallest absolute Gasteiger partial charge is 0.138 e. The molecule has 0 unspecified atom stereocenters. The van der Waals surface area contributed by atoms with Gasteiger partial charge in [-0.3, -0.25) is 0 Å². The predicted octanol–water partition coefficient (Wildman–Crippen LogP) is 4.70. The second kappa shape index (κ2) is 7.86. The van der Waals surface area contributed by atoms with Gasteiger partial charge in [-0.15, -0.1) is 0 Å². The second-order valence-electron chi connectivity index (χ2n) is 5.88. The van der Waals surface area contributed by atoms with Gasteiger partial charge in [0.15, 0.2) is 0 Å². The van der Waals surface area contributed by atoms with E-state index in [0.717, 1.165) is 53.5 Å². The molecular formula is C17H20N3O2S2-. The van der Waals surface area contributed by atoms with Crippen LogP contribution in [0.3, 0.4) is 0 Å². The van der Waals surface area contributed by atoms with E-state index in [1.54, 1.807) is 13.8 Å². The van der Waals surface area contributed by atoms with Gasteiger partial charge in [-0.25, -0.2) is 8.42 Å². The largest absolute Gasteiger partial charge is 0.491 e. The summed E-state index contributed by atoms with van der Waals surface area (Å²) >= 11 is 1.12. The van der Waals surface area contributed by atoms with Crippen molar-refractivity contribution in [1.82, 2.24) is 0 Å². The van der Waals surface area contributed by atoms with Gasteiger partial charge in [-0.1, -0.05) is 17.7 Å². The molecule has 0 bridgehead atoms. The van der Waals surface area contributed by atoms with Crippen LogP contribution >= 0.6 is 11.8 Å². The molecule has 0 saturated carbocycles. The molecule has 2 rings (SSSR count). The van der Waals surface area contributed by atoms with Gasteiger partial charge >= 0.3 is 0 Å². The third-order valence-electron chi connectivity index (χ3n) is 3.86. The van der Waals surface area contributed by atoms with Crippen molar-refractivity contribution in [2.75, 3.05) is 0 Å². The van der Waals surface area contributed by atoms with Crippen molar-refractivity contribution in [2.24, 2.45) is 5.10 Å². The number of hydrogen-bond donors (Lipinski definition) is 0. The van der Waals surface area contributed by atoms with Crippen molar-refractivity contribution in [3.63, 3.8) is 0 Å². The van der Waals surface area contributed by atoms with Gasteiger partial charge < -0.3 is 9.93 Å². The van der Waals surface area contributed by atoms with Crippen LogP contribution in [0.4, 0.5) is 0 Å². The minimum atomic E-state index is -3.84. The molecular weight excluding hydrogens is 342 g/mol. The Balaban J connectivity index is 2.23. The number of hydrogen-bond acceptors (Lipinski definition) is 5. The van der Waals surface area contributed by atoms with Gasteiger partial charge in [-0.2, -0.15) is 5.26 Å². The monoisotopic (exact) mass is 362 g/mol. The van der Waals surface area contributed by atoms with Crippen LogP contribution < -0.4 is 0 Å². The van der Waals surface area contributed by atoms with Crippen LogP contribution in [0.5, 0.6) is 0 Å². The first-order chi connectivity index (χ1) is 11.3. The van der Waals surface area contributed by atoms with E-state index in [0.29, 0.717) is 11.1 Å². The van der Waals surface area contributed by atoms with Gasteiger partial charge in [-0.05, 0) is 74.9 Å². The molecule has 1 aliphatic carbocycles. The van der Waals surface area contributed by atoms with Crippen molar-refractivity contribution >= 4 is 28.0 Å². The average molecular weight is 363 g/mol. The molecule has 0 spiro atoms. The number of nitriles is 1. The first kappa shape index (κ1) is 18.6. The standard InChI is InChI=1S/C17H20N3O2S2/c1-12-8-13(2)17(14(3)9-12)24(21,22)20-19-10-15-6-4-5-7-16(15)23-11-18/h8-10H,4-7H2,1-3H3/q-1/b19-10+. The number of sulfonamides is 1. The quantitative estimate of drug-likeness (QED) is 0.431. The van der Waals surface area contributed by atoms with Gasteiger partial charge in [0, 0.05) is 11.1 Å². The molecule has 7 heteroatoms. The number of benzene rings is 1. The number of thioether (sulfide) groups is 1. The minimum absolute atomic E-state index is 0.217. The second-order valence-corrected chi connectivity index (χ2v) is 8.28. The number of nitrogens with zero attached hydrogens (tertiary/aromatic N) is 3. The third kappa shape index (κ3) is 4.40. The van der Waals surface area contributed by atoms with Gasteiger partial charge in [0.25, 0.3) is 0 Å². The number of rotatable bonds is 5. The lowest BCUT2D eigenvalue weighted by atomic mass is 10.0. The molecule has 0 N–H and O–H groups in total. The third-order valence-corrected chi connectivity index (χ3v) is 6.13. The lowest BCUT2D eigenvalue weighted by Crippen LogP contribution is -2.04. The summed E-state index contributed by atoms with van der Waals surface area (Å²) in [6.45, 7) is 5.45. The molecule has 24 heavy (non-hydrogen) atoms. The molecule has 0 radical (unpaired) electrons. The average Bonchev–Trinajstić information content (AvgIpc) is 2.47. The number of thiocyanates is 1. The summed E-state index contributed by atoms with van der Waals surface area (Å²) < 4.78 is 25.0. The Morgan fingerprint density at radius 1 is 1.21 bits per heavy atom. The van der Waals surface area contributed by atoms with Crippen LogP contribution in [-0.2, 0) is 10.0 Å². The van der Waals surface area contributed by atoms with E-state index in [1.165, 1.54) is 6.21 Å². The summed E-state index contributed by atoms with van der Waals surface area (Å²) in [6.07, 6.45) is 5.17. The molecule has 1 aromatic carbocycles. The summed E-state index contributed by atoms with van der Waals surface area (Å²) in [7, 11) is -3.84. The summed E-state index contributed by atoms with van der Waals surface area (Å²) in [5, 5.41) is 14.7. The van der Waals surface area contributed by atoms with Gasteiger partial charge in [0.2, 0.25) is 0 Å². The van der Waals surface area contributed by atoms with E-state index in [2.05, 4.69) is 15.3 Å². The fourth-order valence-electron chi connectivity index (χ4n) is 2.98. The maximum absolute atomic E-state index is 12.5. The van der Waals surface area contributed by atoms with Crippen LogP contribution in [0.25, 0.3) is 4.83 Å². The van der Waals surface area contributed by atoms with E-state index < -0.39 is 10.0 Å². The molecule has 1 aromatic rings. The van der Waals surface area contributed by atoms with Crippen LogP contribution in [0, 0.1) is 31.4 Å². The zero-order chi connectivity index (χ0) is 17.7. The van der Waals surface area contributed by atoms with Crippen molar-refractivity contribution in [3.05, 3.63) is 44.1 Å². The molecule has 0 amide bonds. The zero-order valence-electron chi connectivity index (χ0n) is 14.0. The molecule has 5 nitrogen and oxygen atoms in total. The Kier molecular flexibility index (Phi) is 6.08. The van der Waals surface area contributed by atoms with E-state index >= 15 is 0 Å². The lowest BCUT2D eigenvalue weighted by Gasteiger charge is -2.21. The highest BCUT2D eigenvalue weighted by Gasteiger charge is 2.13. The van der Waals surface area contributed by atoms with E-state index in [4.69, 9.17) is 5.26 Å². The highest BCUT2D eigenvalue weighted by molar-refractivity contribution is 8.07. The Hall–Kier alpha value is -1.78. The number of allylic oxidation sites excluding steroid dienone is 2. The van der Waals surface area contributed by atoms with E-state index in [9.17, 15) is 8.42 Å². The molecule has 0 fully saturated rings. The molecule has 1 aliphatic rings.